The number of hydrogen-bond acceptors (Lipinski definition) is 2. The summed E-state index contributed by atoms with van der Waals surface area (Å²) in [5.74, 6) is 0. The summed E-state index contributed by atoms with van der Waals surface area (Å²) in [7, 11) is 0. The van der Waals surface area contributed by atoms with Crippen LogP contribution in [-0.2, 0) is 0 Å². The van der Waals surface area contributed by atoms with E-state index in [4.69, 9.17) is 33.7 Å². The minimum Gasteiger partial charge on any atom is -0.196 e. The van der Waals surface area contributed by atoms with Gasteiger partial charge in [-0.05, 0) is 12.2 Å². The summed E-state index contributed by atoms with van der Waals surface area (Å²) in [6, 6.07) is 3.81. The highest BCUT2D eigenvalue weighted by atomic mass is 35.5. The second kappa shape index (κ2) is 3.19. The number of halogens is 2. The fraction of sp³-hybridized carbons (Fsp3) is 0.250. The molecule has 0 aromatic rings. The van der Waals surface area contributed by atoms with Crippen molar-refractivity contribution < 1.29 is 0 Å². The average molecular weight is 199 g/mol. The van der Waals surface area contributed by atoms with Gasteiger partial charge in [0.15, 0.2) is 4.87 Å². The fourth-order valence-electron chi connectivity index (χ4n) is 0.861. The molecule has 4 heteroatoms. The van der Waals surface area contributed by atoms with E-state index in [1.165, 1.54) is 12.2 Å². The van der Waals surface area contributed by atoms with Crippen molar-refractivity contribution in [3.05, 3.63) is 22.8 Å². The van der Waals surface area contributed by atoms with Gasteiger partial charge < -0.3 is 0 Å². The number of nitriles is 2. The van der Waals surface area contributed by atoms with Crippen molar-refractivity contribution in [3.63, 3.8) is 0 Å². The molecule has 0 spiro atoms. The standard InChI is InChI=1S/C8H4Cl2N2/c9-7-3-8(10,5-12)2-1-6(7)4-11/h1-2H,3H2. The summed E-state index contributed by atoms with van der Waals surface area (Å²) >= 11 is 11.5. The number of rotatable bonds is 0. The van der Waals surface area contributed by atoms with Gasteiger partial charge in [0.25, 0.3) is 0 Å². The maximum atomic E-state index is 8.63. The van der Waals surface area contributed by atoms with Gasteiger partial charge in [0.1, 0.15) is 6.07 Å². The van der Waals surface area contributed by atoms with Gasteiger partial charge in [0.05, 0.1) is 11.6 Å². The SMILES string of the molecule is N#CC1=C(Cl)CC(Cl)(C#N)C=C1. The number of allylic oxidation sites excluding steroid dienone is 4. The molecule has 1 unspecified atom stereocenters. The Morgan fingerprint density at radius 2 is 2.17 bits per heavy atom. The molecule has 0 radical (unpaired) electrons. The van der Waals surface area contributed by atoms with E-state index < -0.39 is 4.87 Å². The van der Waals surface area contributed by atoms with Gasteiger partial charge in [-0.15, -0.1) is 0 Å². The molecule has 0 fully saturated rings. The zero-order chi connectivity index (χ0) is 9.19. The van der Waals surface area contributed by atoms with Crippen LogP contribution in [0.1, 0.15) is 6.42 Å². The Labute approximate surface area is 80.3 Å². The Morgan fingerprint density at radius 1 is 1.50 bits per heavy atom. The molecule has 1 rings (SSSR count). The van der Waals surface area contributed by atoms with E-state index >= 15 is 0 Å². The monoisotopic (exact) mass is 198 g/mol. The lowest BCUT2D eigenvalue weighted by Gasteiger charge is -2.17. The molecule has 0 aliphatic heterocycles. The second-order valence-corrected chi connectivity index (χ2v) is 3.55. The van der Waals surface area contributed by atoms with Crippen molar-refractivity contribution >= 4 is 23.2 Å². The first-order valence-electron chi connectivity index (χ1n) is 3.19. The Kier molecular flexibility index (Phi) is 2.43. The predicted octanol–water partition coefficient (Wildman–Crippen LogP) is 2.46. The van der Waals surface area contributed by atoms with Gasteiger partial charge in [-0.1, -0.05) is 23.2 Å². The third kappa shape index (κ3) is 1.61. The minimum atomic E-state index is -1.07. The lowest BCUT2D eigenvalue weighted by atomic mass is 9.97. The topological polar surface area (TPSA) is 47.6 Å². The van der Waals surface area contributed by atoms with Crippen LogP contribution < -0.4 is 0 Å². The zero-order valence-corrected chi connectivity index (χ0v) is 7.52. The second-order valence-electron chi connectivity index (χ2n) is 2.41. The molecule has 0 saturated heterocycles. The van der Waals surface area contributed by atoms with Gasteiger partial charge in [-0.25, -0.2) is 0 Å². The number of nitrogens with zero attached hydrogens (tertiary/aromatic N) is 2. The minimum absolute atomic E-state index is 0.200. The normalized spacial score (nSPS) is 28.0. The van der Waals surface area contributed by atoms with Crippen molar-refractivity contribution in [2.45, 2.75) is 11.3 Å². The van der Waals surface area contributed by atoms with E-state index in [9.17, 15) is 0 Å². The van der Waals surface area contributed by atoms with Crippen molar-refractivity contribution in [2.75, 3.05) is 0 Å². The van der Waals surface area contributed by atoms with Gasteiger partial charge >= 0.3 is 0 Å². The van der Waals surface area contributed by atoms with Crippen LogP contribution in [0.15, 0.2) is 22.8 Å². The summed E-state index contributed by atoms with van der Waals surface area (Å²) in [5.41, 5.74) is 0.378. The van der Waals surface area contributed by atoms with Crippen molar-refractivity contribution in [1.29, 1.82) is 10.5 Å². The summed E-state index contributed by atoms with van der Waals surface area (Å²) in [5, 5.41) is 17.5. The highest BCUT2D eigenvalue weighted by molar-refractivity contribution is 6.33. The van der Waals surface area contributed by atoms with Crippen LogP contribution in [0.3, 0.4) is 0 Å². The predicted molar refractivity (Wildman–Crippen MR) is 46.4 cm³/mol. The molecule has 0 N–H and O–H groups in total. The fourth-order valence-corrected chi connectivity index (χ4v) is 1.44. The molecule has 0 aromatic carbocycles. The lowest BCUT2D eigenvalue weighted by molar-refractivity contribution is 0.863. The zero-order valence-electron chi connectivity index (χ0n) is 6.01. The summed E-state index contributed by atoms with van der Waals surface area (Å²) in [6.07, 6.45) is 3.16. The molecular formula is C8H4Cl2N2. The van der Waals surface area contributed by atoms with Crippen LogP contribution in [0.4, 0.5) is 0 Å². The quantitative estimate of drug-likeness (QED) is 0.562. The first-order chi connectivity index (χ1) is 5.61. The molecule has 60 valence electrons. The largest absolute Gasteiger partial charge is 0.196 e. The van der Waals surface area contributed by atoms with Gasteiger partial charge in [-0.3, -0.25) is 0 Å². The molecule has 0 amide bonds. The average Bonchev–Trinajstić information content (AvgIpc) is 2.05. The van der Waals surface area contributed by atoms with E-state index in [-0.39, 0.29) is 6.42 Å². The van der Waals surface area contributed by atoms with E-state index in [0.29, 0.717) is 10.6 Å². The molecule has 12 heavy (non-hydrogen) atoms. The Bertz CT molecular complexity index is 343. The van der Waals surface area contributed by atoms with Crippen molar-refractivity contribution in [1.82, 2.24) is 0 Å². The summed E-state index contributed by atoms with van der Waals surface area (Å²) in [6.45, 7) is 0. The highest BCUT2D eigenvalue weighted by Crippen LogP contribution is 2.33. The molecule has 1 atom stereocenters. The van der Waals surface area contributed by atoms with Gasteiger partial charge in [-0.2, -0.15) is 10.5 Å². The first kappa shape index (κ1) is 9.13. The Hall–Kier alpha value is -0.960. The highest BCUT2D eigenvalue weighted by Gasteiger charge is 2.28. The lowest BCUT2D eigenvalue weighted by Crippen LogP contribution is -2.18. The Morgan fingerprint density at radius 3 is 2.58 bits per heavy atom. The molecular weight excluding hydrogens is 195 g/mol. The molecule has 1 aliphatic rings. The molecule has 0 aromatic heterocycles. The van der Waals surface area contributed by atoms with Crippen LogP contribution >= 0.6 is 23.2 Å². The van der Waals surface area contributed by atoms with Crippen LogP contribution in [-0.4, -0.2) is 4.87 Å². The third-order valence-electron chi connectivity index (χ3n) is 1.53. The number of hydrogen-bond donors (Lipinski definition) is 0. The van der Waals surface area contributed by atoms with Crippen LogP contribution in [0.5, 0.6) is 0 Å². The molecule has 0 heterocycles. The van der Waals surface area contributed by atoms with Crippen molar-refractivity contribution in [2.24, 2.45) is 0 Å². The molecule has 1 aliphatic carbocycles. The maximum absolute atomic E-state index is 8.63. The maximum Gasteiger partial charge on any atom is 0.154 e. The van der Waals surface area contributed by atoms with Crippen LogP contribution in [0.2, 0.25) is 0 Å². The van der Waals surface area contributed by atoms with E-state index in [2.05, 4.69) is 0 Å². The van der Waals surface area contributed by atoms with Crippen LogP contribution in [0, 0.1) is 22.7 Å². The smallest absolute Gasteiger partial charge is 0.154 e. The summed E-state index contributed by atoms with van der Waals surface area (Å²) in [4.78, 5) is -1.07. The van der Waals surface area contributed by atoms with E-state index in [0.717, 1.165) is 0 Å². The van der Waals surface area contributed by atoms with E-state index in [1.54, 1.807) is 0 Å². The van der Waals surface area contributed by atoms with Gasteiger partial charge in [0, 0.05) is 11.5 Å². The molecule has 0 bridgehead atoms. The first-order valence-corrected chi connectivity index (χ1v) is 3.95. The molecule has 0 saturated carbocycles. The number of alkyl halides is 1. The molecule has 2 nitrogen and oxygen atoms in total. The van der Waals surface area contributed by atoms with Crippen molar-refractivity contribution in [3.8, 4) is 12.1 Å². The Balaban J connectivity index is 3.00. The summed E-state index contributed by atoms with van der Waals surface area (Å²) < 4.78 is 0. The van der Waals surface area contributed by atoms with Crippen LogP contribution in [0.25, 0.3) is 0 Å². The van der Waals surface area contributed by atoms with Gasteiger partial charge in [0.2, 0.25) is 0 Å². The van der Waals surface area contributed by atoms with E-state index in [1.807, 2.05) is 12.1 Å². The third-order valence-corrected chi connectivity index (χ3v) is 2.21.